The molecule has 2 aromatic rings. The van der Waals surface area contributed by atoms with Gasteiger partial charge in [0.15, 0.2) is 0 Å². The Morgan fingerprint density at radius 2 is 1.95 bits per heavy atom. The summed E-state index contributed by atoms with van der Waals surface area (Å²) < 4.78 is 2.69. The molecule has 0 unspecified atom stereocenters. The molecule has 0 bridgehead atoms. The van der Waals surface area contributed by atoms with Gasteiger partial charge in [0.05, 0.1) is 22.8 Å². The SMILES string of the molecule is Cc1nn(C)c(CC(=O)Cc2ccc(Br)cc2)c1Cl. The summed E-state index contributed by atoms with van der Waals surface area (Å²) in [5.74, 6) is 0.132. The number of carbonyl (C=O) groups excluding carboxylic acids is 1. The summed E-state index contributed by atoms with van der Waals surface area (Å²) in [5.41, 5.74) is 2.54. The number of hydrogen-bond acceptors (Lipinski definition) is 2. The highest BCUT2D eigenvalue weighted by atomic mass is 79.9. The fraction of sp³-hybridized carbons (Fsp3) is 0.286. The summed E-state index contributed by atoms with van der Waals surface area (Å²) in [7, 11) is 1.81. The number of ketones is 1. The van der Waals surface area contributed by atoms with Gasteiger partial charge in [-0.1, -0.05) is 39.7 Å². The molecule has 3 nitrogen and oxygen atoms in total. The Bertz CT molecular complexity index is 605. The second-order valence-corrected chi connectivity index (χ2v) is 5.78. The molecular weight excluding hydrogens is 328 g/mol. The molecule has 0 aliphatic rings. The number of aromatic nitrogens is 2. The summed E-state index contributed by atoms with van der Waals surface area (Å²) >= 11 is 9.51. The maximum Gasteiger partial charge on any atom is 0.143 e. The van der Waals surface area contributed by atoms with E-state index in [9.17, 15) is 4.79 Å². The smallest absolute Gasteiger partial charge is 0.143 e. The highest BCUT2D eigenvalue weighted by Crippen LogP contribution is 2.20. The Morgan fingerprint density at radius 3 is 2.47 bits per heavy atom. The number of halogens is 2. The van der Waals surface area contributed by atoms with E-state index in [0.29, 0.717) is 17.9 Å². The molecule has 1 aromatic heterocycles. The first kappa shape index (κ1) is 14.3. The Hall–Kier alpha value is -1.13. The molecule has 5 heteroatoms. The molecular formula is C14H14BrClN2O. The van der Waals surface area contributed by atoms with E-state index in [0.717, 1.165) is 21.4 Å². The highest BCUT2D eigenvalue weighted by Gasteiger charge is 2.15. The third-order valence-corrected chi connectivity index (χ3v) is 3.96. The van der Waals surface area contributed by atoms with Crippen LogP contribution in [-0.2, 0) is 24.7 Å². The summed E-state index contributed by atoms with van der Waals surface area (Å²) in [6.45, 7) is 1.84. The Morgan fingerprint density at radius 1 is 1.32 bits per heavy atom. The van der Waals surface area contributed by atoms with Gasteiger partial charge in [0.25, 0.3) is 0 Å². The molecule has 0 amide bonds. The van der Waals surface area contributed by atoms with Crippen LogP contribution >= 0.6 is 27.5 Å². The van der Waals surface area contributed by atoms with Crippen LogP contribution in [0.5, 0.6) is 0 Å². The zero-order chi connectivity index (χ0) is 14.0. The molecule has 0 aliphatic carbocycles. The van der Waals surface area contributed by atoms with Gasteiger partial charge >= 0.3 is 0 Å². The van der Waals surface area contributed by atoms with Crippen molar-refractivity contribution in [3.8, 4) is 0 Å². The third-order valence-electron chi connectivity index (χ3n) is 2.94. The summed E-state index contributed by atoms with van der Waals surface area (Å²) in [5, 5.41) is 4.80. The molecule has 0 spiro atoms. The number of aryl methyl sites for hydroxylation is 2. The van der Waals surface area contributed by atoms with E-state index in [2.05, 4.69) is 21.0 Å². The quantitative estimate of drug-likeness (QED) is 0.853. The van der Waals surface area contributed by atoms with Crippen LogP contribution in [0.4, 0.5) is 0 Å². The van der Waals surface area contributed by atoms with Crippen molar-refractivity contribution in [2.45, 2.75) is 19.8 Å². The second-order valence-electron chi connectivity index (χ2n) is 4.49. The number of Topliss-reactive ketones (excluding diaryl/α,β-unsaturated/α-hetero) is 1. The molecule has 2 rings (SSSR count). The Labute approximate surface area is 125 Å². The Kier molecular flexibility index (Phi) is 4.42. The lowest BCUT2D eigenvalue weighted by Gasteiger charge is -2.03. The van der Waals surface area contributed by atoms with Gasteiger partial charge in [0.2, 0.25) is 0 Å². The van der Waals surface area contributed by atoms with Gasteiger partial charge in [0, 0.05) is 17.9 Å². The maximum absolute atomic E-state index is 12.1. The van der Waals surface area contributed by atoms with E-state index in [1.54, 1.807) is 11.7 Å². The van der Waals surface area contributed by atoms with Crippen molar-refractivity contribution in [3.63, 3.8) is 0 Å². The van der Waals surface area contributed by atoms with Crippen molar-refractivity contribution >= 4 is 33.3 Å². The van der Waals surface area contributed by atoms with Crippen molar-refractivity contribution in [2.24, 2.45) is 7.05 Å². The lowest BCUT2D eigenvalue weighted by atomic mass is 10.1. The van der Waals surface area contributed by atoms with Gasteiger partial charge in [0.1, 0.15) is 5.78 Å². The molecule has 0 atom stereocenters. The van der Waals surface area contributed by atoms with Gasteiger partial charge in [-0.15, -0.1) is 0 Å². The van der Waals surface area contributed by atoms with Gasteiger partial charge in [-0.05, 0) is 24.6 Å². The van der Waals surface area contributed by atoms with E-state index in [-0.39, 0.29) is 5.78 Å². The van der Waals surface area contributed by atoms with Crippen LogP contribution in [0.3, 0.4) is 0 Å². The van der Waals surface area contributed by atoms with Crippen LogP contribution in [0.2, 0.25) is 5.02 Å². The standard InChI is InChI=1S/C14H14BrClN2O/c1-9-14(16)13(18(2)17-9)8-12(19)7-10-3-5-11(15)6-4-10/h3-6H,7-8H2,1-2H3. The van der Waals surface area contributed by atoms with E-state index in [1.165, 1.54) is 0 Å². The van der Waals surface area contributed by atoms with Crippen LogP contribution < -0.4 is 0 Å². The molecule has 0 N–H and O–H groups in total. The fourth-order valence-corrected chi connectivity index (χ4v) is 2.44. The summed E-state index contributed by atoms with van der Waals surface area (Å²) in [6.07, 6.45) is 0.722. The normalized spacial score (nSPS) is 10.7. The minimum atomic E-state index is 0.132. The van der Waals surface area contributed by atoms with E-state index < -0.39 is 0 Å². The van der Waals surface area contributed by atoms with Crippen molar-refractivity contribution in [3.05, 3.63) is 50.7 Å². The van der Waals surface area contributed by atoms with Crippen LogP contribution in [0.15, 0.2) is 28.7 Å². The van der Waals surface area contributed by atoms with Crippen LogP contribution in [0.25, 0.3) is 0 Å². The first-order valence-corrected chi connectivity index (χ1v) is 7.08. The van der Waals surface area contributed by atoms with Crippen molar-refractivity contribution in [1.29, 1.82) is 0 Å². The molecule has 0 aliphatic heterocycles. The molecule has 1 heterocycles. The molecule has 1 aromatic carbocycles. The number of carbonyl (C=O) groups is 1. The summed E-state index contributed by atoms with van der Waals surface area (Å²) in [4.78, 5) is 12.1. The van der Waals surface area contributed by atoms with Gasteiger partial charge in [-0.25, -0.2) is 0 Å². The number of nitrogens with zero attached hydrogens (tertiary/aromatic N) is 2. The lowest BCUT2D eigenvalue weighted by molar-refractivity contribution is -0.117. The molecule has 19 heavy (non-hydrogen) atoms. The van der Waals surface area contributed by atoms with Crippen molar-refractivity contribution < 1.29 is 4.79 Å². The summed E-state index contributed by atoms with van der Waals surface area (Å²) in [6, 6.07) is 7.75. The zero-order valence-corrected chi connectivity index (χ0v) is 13.1. The maximum atomic E-state index is 12.1. The fourth-order valence-electron chi connectivity index (χ4n) is 1.95. The lowest BCUT2D eigenvalue weighted by Crippen LogP contribution is -2.10. The molecule has 0 saturated heterocycles. The number of rotatable bonds is 4. The molecule has 100 valence electrons. The van der Waals surface area contributed by atoms with E-state index in [1.807, 2.05) is 31.2 Å². The van der Waals surface area contributed by atoms with Crippen LogP contribution in [-0.4, -0.2) is 15.6 Å². The average molecular weight is 342 g/mol. The largest absolute Gasteiger partial charge is 0.299 e. The molecule has 0 fully saturated rings. The predicted molar refractivity (Wildman–Crippen MR) is 79.5 cm³/mol. The van der Waals surface area contributed by atoms with Gasteiger partial charge < -0.3 is 0 Å². The first-order valence-electron chi connectivity index (χ1n) is 5.91. The zero-order valence-electron chi connectivity index (χ0n) is 10.8. The minimum Gasteiger partial charge on any atom is -0.299 e. The van der Waals surface area contributed by atoms with Crippen molar-refractivity contribution in [1.82, 2.24) is 9.78 Å². The van der Waals surface area contributed by atoms with Crippen molar-refractivity contribution in [2.75, 3.05) is 0 Å². The predicted octanol–water partition coefficient (Wildman–Crippen LogP) is 3.50. The molecule has 0 saturated carbocycles. The average Bonchev–Trinajstić information content (AvgIpc) is 2.59. The van der Waals surface area contributed by atoms with E-state index in [4.69, 9.17) is 11.6 Å². The molecule has 0 radical (unpaired) electrons. The van der Waals surface area contributed by atoms with Gasteiger partial charge in [-0.2, -0.15) is 5.10 Å². The topological polar surface area (TPSA) is 34.9 Å². The minimum absolute atomic E-state index is 0.132. The first-order chi connectivity index (χ1) is 8.97. The third kappa shape index (κ3) is 3.45. The monoisotopic (exact) mass is 340 g/mol. The van der Waals surface area contributed by atoms with Gasteiger partial charge in [-0.3, -0.25) is 9.48 Å². The number of benzene rings is 1. The van der Waals surface area contributed by atoms with Crippen LogP contribution in [0, 0.1) is 6.92 Å². The van der Waals surface area contributed by atoms with E-state index >= 15 is 0 Å². The second kappa shape index (κ2) is 5.88. The Balaban J connectivity index is 2.07. The van der Waals surface area contributed by atoms with Crippen LogP contribution in [0.1, 0.15) is 17.0 Å². The number of hydrogen-bond donors (Lipinski definition) is 0. The highest BCUT2D eigenvalue weighted by molar-refractivity contribution is 9.10.